The minimum Gasteiger partial charge on any atom is -0.465 e. The standard InChI is InChI=1S/C15H22O2/c1-5-11-17-14(16)13(15(2,3)4)12-9-7-6-8-10-12/h6-10,13H,5,11H2,1-4H3. The maximum atomic E-state index is 12.1. The third-order valence-electron chi connectivity index (χ3n) is 2.68. The van der Waals surface area contributed by atoms with Crippen LogP contribution in [0.1, 0.15) is 45.6 Å². The SMILES string of the molecule is CCCOC(=O)C(c1ccccc1)C(C)(C)C. The van der Waals surface area contributed by atoms with Crippen molar-refractivity contribution in [1.29, 1.82) is 0 Å². The third kappa shape index (κ3) is 3.88. The molecule has 1 aromatic rings. The summed E-state index contributed by atoms with van der Waals surface area (Å²) in [6, 6.07) is 9.86. The van der Waals surface area contributed by atoms with E-state index in [1.165, 1.54) is 0 Å². The smallest absolute Gasteiger partial charge is 0.313 e. The summed E-state index contributed by atoms with van der Waals surface area (Å²) in [5, 5.41) is 0. The number of rotatable bonds is 4. The highest BCUT2D eigenvalue weighted by molar-refractivity contribution is 5.79. The molecule has 0 bridgehead atoms. The molecule has 94 valence electrons. The molecule has 1 unspecified atom stereocenters. The van der Waals surface area contributed by atoms with Crippen LogP contribution >= 0.6 is 0 Å². The Balaban J connectivity index is 2.94. The summed E-state index contributed by atoms with van der Waals surface area (Å²) in [5.41, 5.74) is 0.896. The lowest BCUT2D eigenvalue weighted by Gasteiger charge is -2.29. The minimum absolute atomic E-state index is 0.120. The summed E-state index contributed by atoms with van der Waals surface area (Å²) in [5.74, 6) is -0.319. The molecule has 0 amide bonds. The summed E-state index contributed by atoms with van der Waals surface area (Å²) in [6.07, 6.45) is 0.859. The van der Waals surface area contributed by atoms with Gasteiger partial charge in [-0.2, -0.15) is 0 Å². The van der Waals surface area contributed by atoms with Crippen LogP contribution in [-0.4, -0.2) is 12.6 Å². The van der Waals surface area contributed by atoms with Crippen molar-refractivity contribution in [2.24, 2.45) is 5.41 Å². The molecule has 0 aliphatic rings. The summed E-state index contributed by atoms with van der Waals surface area (Å²) in [4.78, 5) is 12.1. The van der Waals surface area contributed by atoms with Gasteiger partial charge in [0.15, 0.2) is 0 Å². The zero-order valence-electron chi connectivity index (χ0n) is 11.2. The van der Waals surface area contributed by atoms with Crippen LogP contribution in [0, 0.1) is 5.41 Å². The van der Waals surface area contributed by atoms with Gasteiger partial charge in [0.1, 0.15) is 0 Å². The van der Waals surface area contributed by atoms with Gasteiger partial charge in [0.25, 0.3) is 0 Å². The quantitative estimate of drug-likeness (QED) is 0.741. The van der Waals surface area contributed by atoms with Crippen LogP contribution in [0.2, 0.25) is 0 Å². The average Bonchev–Trinajstić information content (AvgIpc) is 2.26. The average molecular weight is 234 g/mol. The van der Waals surface area contributed by atoms with Crippen LogP contribution in [-0.2, 0) is 9.53 Å². The summed E-state index contributed by atoms with van der Waals surface area (Å²) in [7, 11) is 0. The molecule has 1 atom stereocenters. The molecular formula is C15H22O2. The van der Waals surface area contributed by atoms with Crippen LogP contribution in [0.25, 0.3) is 0 Å². The first-order chi connectivity index (χ1) is 7.96. The molecule has 0 aliphatic carbocycles. The Labute approximate surface area is 104 Å². The number of esters is 1. The predicted molar refractivity (Wildman–Crippen MR) is 69.9 cm³/mol. The molecular weight excluding hydrogens is 212 g/mol. The Morgan fingerprint density at radius 3 is 2.29 bits per heavy atom. The third-order valence-corrected chi connectivity index (χ3v) is 2.68. The second-order valence-electron chi connectivity index (χ2n) is 5.38. The van der Waals surface area contributed by atoms with Gasteiger partial charge in [-0.3, -0.25) is 4.79 Å². The van der Waals surface area contributed by atoms with E-state index >= 15 is 0 Å². The normalized spacial score (nSPS) is 13.2. The fourth-order valence-corrected chi connectivity index (χ4v) is 1.92. The van der Waals surface area contributed by atoms with Crippen molar-refractivity contribution in [3.63, 3.8) is 0 Å². The Kier molecular flexibility index (Phi) is 4.73. The topological polar surface area (TPSA) is 26.3 Å². The Morgan fingerprint density at radius 1 is 1.24 bits per heavy atom. The van der Waals surface area contributed by atoms with Crippen molar-refractivity contribution in [3.8, 4) is 0 Å². The number of ether oxygens (including phenoxy) is 1. The minimum atomic E-state index is -0.199. The highest BCUT2D eigenvalue weighted by Crippen LogP contribution is 2.35. The number of hydrogen-bond donors (Lipinski definition) is 0. The fraction of sp³-hybridized carbons (Fsp3) is 0.533. The van der Waals surface area contributed by atoms with E-state index in [-0.39, 0.29) is 17.3 Å². The molecule has 2 nitrogen and oxygen atoms in total. The van der Waals surface area contributed by atoms with Crippen molar-refractivity contribution in [2.75, 3.05) is 6.61 Å². The molecule has 0 aromatic heterocycles. The largest absolute Gasteiger partial charge is 0.465 e. The van der Waals surface area contributed by atoms with Gasteiger partial charge in [0, 0.05) is 0 Å². The van der Waals surface area contributed by atoms with Crippen molar-refractivity contribution in [2.45, 2.75) is 40.0 Å². The molecule has 0 saturated heterocycles. The van der Waals surface area contributed by atoms with Gasteiger partial charge in [-0.15, -0.1) is 0 Å². The van der Waals surface area contributed by atoms with Crippen molar-refractivity contribution in [3.05, 3.63) is 35.9 Å². The van der Waals surface area contributed by atoms with Gasteiger partial charge in [0.05, 0.1) is 12.5 Å². The van der Waals surface area contributed by atoms with E-state index in [0.717, 1.165) is 12.0 Å². The number of carbonyl (C=O) groups excluding carboxylic acids is 1. The summed E-state index contributed by atoms with van der Waals surface area (Å²) < 4.78 is 5.30. The highest BCUT2D eigenvalue weighted by Gasteiger charge is 2.33. The molecule has 0 radical (unpaired) electrons. The molecule has 0 fully saturated rings. The summed E-state index contributed by atoms with van der Waals surface area (Å²) in [6.45, 7) is 8.70. The molecule has 2 heteroatoms. The second-order valence-corrected chi connectivity index (χ2v) is 5.38. The molecule has 17 heavy (non-hydrogen) atoms. The van der Waals surface area contributed by atoms with Crippen LogP contribution < -0.4 is 0 Å². The van der Waals surface area contributed by atoms with Crippen LogP contribution in [0.15, 0.2) is 30.3 Å². The molecule has 1 rings (SSSR count). The highest BCUT2D eigenvalue weighted by atomic mass is 16.5. The first-order valence-corrected chi connectivity index (χ1v) is 6.18. The Bertz CT molecular complexity index is 349. The van der Waals surface area contributed by atoms with Crippen LogP contribution in [0.5, 0.6) is 0 Å². The first kappa shape index (κ1) is 13.8. The lowest BCUT2D eigenvalue weighted by Crippen LogP contribution is -2.28. The van der Waals surface area contributed by atoms with Crippen LogP contribution in [0.4, 0.5) is 0 Å². The maximum Gasteiger partial charge on any atom is 0.313 e. The van der Waals surface area contributed by atoms with E-state index in [1.54, 1.807) is 0 Å². The molecule has 0 saturated carbocycles. The Hall–Kier alpha value is -1.31. The van der Waals surface area contributed by atoms with Crippen molar-refractivity contribution in [1.82, 2.24) is 0 Å². The molecule has 0 N–H and O–H groups in total. The number of carbonyl (C=O) groups is 1. The molecule has 0 spiro atoms. The number of benzene rings is 1. The monoisotopic (exact) mass is 234 g/mol. The lowest BCUT2D eigenvalue weighted by atomic mass is 9.76. The van der Waals surface area contributed by atoms with Gasteiger partial charge in [-0.25, -0.2) is 0 Å². The predicted octanol–water partition coefficient (Wildman–Crippen LogP) is 3.77. The fourth-order valence-electron chi connectivity index (χ4n) is 1.92. The van der Waals surface area contributed by atoms with Crippen molar-refractivity contribution < 1.29 is 9.53 Å². The van der Waals surface area contributed by atoms with E-state index in [9.17, 15) is 4.79 Å². The molecule has 1 aromatic carbocycles. The van der Waals surface area contributed by atoms with Gasteiger partial charge >= 0.3 is 5.97 Å². The van der Waals surface area contributed by atoms with Gasteiger partial charge in [0.2, 0.25) is 0 Å². The Morgan fingerprint density at radius 2 is 1.82 bits per heavy atom. The first-order valence-electron chi connectivity index (χ1n) is 6.18. The molecule has 0 heterocycles. The molecule has 0 aliphatic heterocycles. The maximum absolute atomic E-state index is 12.1. The van der Waals surface area contributed by atoms with E-state index in [2.05, 4.69) is 20.8 Å². The van der Waals surface area contributed by atoms with E-state index < -0.39 is 0 Å². The summed E-state index contributed by atoms with van der Waals surface area (Å²) >= 11 is 0. The number of hydrogen-bond acceptors (Lipinski definition) is 2. The lowest BCUT2D eigenvalue weighted by molar-refractivity contribution is -0.148. The van der Waals surface area contributed by atoms with Crippen LogP contribution in [0.3, 0.4) is 0 Å². The van der Waals surface area contributed by atoms with Gasteiger partial charge in [-0.05, 0) is 17.4 Å². The van der Waals surface area contributed by atoms with Gasteiger partial charge in [-0.1, -0.05) is 58.0 Å². The van der Waals surface area contributed by atoms with Gasteiger partial charge < -0.3 is 4.74 Å². The van der Waals surface area contributed by atoms with E-state index in [4.69, 9.17) is 4.74 Å². The van der Waals surface area contributed by atoms with E-state index in [1.807, 2.05) is 37.3 Å². The second kappa shape index (κ2) is 5.85. The van der Waals surface area contributed by atoms with E-state index in [0.29, 0.717) is 6.61 Å². The zero-order valence-corrected chi connectivity index (χ0v) is 11.2. The zero-order chi connectivity index (χ0) is 12.9. The van der Waals surface area contributed by atoms with Crippen molar-refractivity contribution >= 4 is 5.97 Å².